The van der Waals surface area contributed by atoms with Gasteiger partial charge in [0.1, 0.15) is 0 Å². The van der Waals surface area contributed by atoms with Crippen molar-refractivity contribution in [2.75, 3.05) is 0 Å². The zero-order chi connectivity index (χ0) is 13.8. The Balaban J connectivity index is 2.04. The van der Waals surface area contributed by atoms with Gasteiger partial charge in [-0.2, -0.15) is 0 Å². The predicted octanol–water partition coefficient (Wildman–Crippen LogP) is 2.61. The van der Waals surface area contributed by atoms with E-state index in [-0.39, 0.29) is 24.8 Å². The summed E-state index contributed by atoms with van der Waals surface area (Å²) in [6, 6.07) is 8.17. The van der Waals surface area contributed by atoms with Crippen LogP contribution in [0.15, 0.2) is 24.3 Å². The number of aliphatic carboxylic acids is 1. The van der Waals surface area contributed by atoms with Crippen LogP contribution in [0.2, 0.25) is 0 Å². The second-order valence-corrected chi connectivity index (χ2v) is 5.12. The molecular formula is C15H19NO3. The summed E-state index contributed by atoms with van der Waals surface area (Å²) in [5.41, 5.74) is 2.46. The van der Waals surface area contributed by atoms with Crippen LogP contribution in [0, 0.1) is 0 Å². The molecule has 2 unspecified atom stereocenters. The number of benzene rings is 1. The third-order valence-corrected chi connectivity index (χ3v) is 3.69. The Morgan fingerprint density at radius 2 is 1.89 bits per heavy atom. The molecular weight excluding hydrogens is 242 g/mol. The van der Waals surface area contributed by atoms with Crippen LogP contribution in [0.3, 0.4) is 0 Å². The molecule has 102 valence electrons. The SMILES string of the molecule is CC1CCC(NC(=O)CCC(=O)O)c2ccccc21. The van der Waals surface area contributed by atoms with E-state index in [0.717, 1.165) is 12.8 Å². The lowest BCUT2D eigenvalue weighted by Gasteiger charge is -2.30. The average molecular weight is 261 g/mol. The summed E-state index contributed by atoms with van der Waals surface area (Å²) in [6.07, 6.45) is 1.89. The summed E-state index contributed by atoms with van der Waals surface area (Å²) >= 11 is 0. The number of nitrogens with one attached hydrogen (secondary N) is 1. The lowest BCUT2D eigenvalue weighted by atomic mass is 9.81. The molecule has 2 atom stereocenters. The van der Waals surface area contributed by atoms with Crippen molar-refractivity contribution in [1.29, 1.82) is 0 Å². The summed E-state index contributed by atoms with van der Waals surface area (Å²) < 4.78 is 0. The molecule has 1 aliphatic carbocycles. The van der Waals surface area contributed by atoms with Gasteiger partial charge in [0, 0.05) is 6.42 Å². The minimum atomic E-state index is -0.937. The topological polar surface area (TPSA) is 66.4 Å². The molecule has 1 amide bonds. The molecule has 0 spiro atoms. The number of hydrogen-bond acceptors (Lipinski definition) is 2. The standard InChI is InChI=1S/C15H19NO3/c1-10-6-7-13(12-5-3-2-4-11(10)12)16-14(17)8-9-15(18)19/h2-5,10,13H,6-9H2,1H3,(H,16,17)(H,18,19). The zero-order valence-electron chi connectivity index (χ0n) is 11.1. The first-order valence-electron chi connectivity index (χ1n) is 6.68. The predicted molar refractivity (Wildman–Crippen MR) is 71.8 cm³/mol. The maximum atomic E-state index is 11.7. The Bertz CT molecular complexity index is 484. The van der Waals surface area contributed by atoms with Gasteiger partial charge < -0.3 is 10.4 Å². The van der Waals surface area contributed by atoms with E-state index in [4.69, 9.17) is 5.11 Å². The second-order valence-electron chi connectivity index (χ2n) is 5.12. The minimum absolute atomic E-state index is 0.0219. The highest BCUT2D eigenvalue weighted by atomic mass is 16.4. The fourth-order valence-electron chi connectivity index (χ4n) is 2.64. The van der Waals surface area contributed by atoms with Crippen LogP contribution < -0.4 is 5.32 Å². The van der Waals surface area contributed by atoms with E-state index in [0.29, 0.717) is 5.92 Å². The minimum Gasteiger partial charge on any atom is -0.481 e. The van der Waals surface area contributed by atoms with Gasteiger partial charge in [0.05, 0.1) is 12.5 Å². The zero-order valence-corrected chi connectivity index (χ0v) is 11.1. The molecule has 2 rings (SSSR count). The molecule has 0 heterocycles. The van der Waals surface area contributed by atoms with Gasteiger partial charge in [-0.15, -0.1) is 0 Å². The largest absolute Gasteiger partial charge is 0.481 e. The van der Waals surface area contributed by atoms with Gasteiger partial charge >= 0.3 is 5.97 Å². The van der Waals surface area contributed by atoms with Crippen molar-refractivity contribution in [2.24, 2.45) is 0 Å². The normalized spacial score (nSPS) is 21.5. The molecule has 0 fully saturated rings. The van der Waals surface area contributed by atoms with Crippen LogP contribution in [0.4, 0.5) is 0 Å². The molecule has 19 heavy (non-hydrogen) atoms. The molecule has 0 aliphatic heterocycles. The molecule has 0 bridgehead atoms. The number of fused-ring (bicyclic) bond motifs is 1. The van der Waals surface area contributed by atoms with Crippen molar-refractivity contribution in [1.82, 2.24) is 5.32 Å². The lowest BCUT2D eigenvalue weighted by molar-refractivity contribution is -0.138. The van der Waals surface area contributed by atoms with Crippen LogP contribution in [0.25, 0.3) is 0 Å². The van der Waals surface area contributed by atoms with Gasteiger partial charge in [0.25, 0.3) is 0 Å². The molecule has 0 saturated heterocycles. The van der Waals surface area contributed by atoms with E-state index >= 15 is 0 Å². The van der Waals surface area contributed by atoms with E-state index in [1.54, 1.807) is 0 Å². The first-order valence-corrected chi connectivity index (χ1v) is 6.68. The van der Waals surface area contributed by atoms with Gasteiger partial charge in [0.15, 0.2) is 0 Å². The van der Waals surface area contributed by atoms with Crippen molar-refractivity contribution in [2.45, 2.75) is 44.6 Å². The van der Waals surface area contributed by atoms with Crippen LogP contribution >= 0.6 is 0 Å². The highest BCUT2D eigenvalue weighted by Gasteiger charge is 2.25. The second kappa shape index (κ2) is 5.87. The molecule has 4 nitrogen and oxygen atoms in total. The summed E-state index contributed by atoms with van der Waals surface area (Å²) in [6.45, 7) is 2.20. The van der Waals surface area contributed by atoms with E-state index in [9.17, 15) is 9.59 Å². The Morgan fingerprint density at radius 3 is 2.58 bits per heavy atom. The first kappa shape index (κ1) is 13.6. The summed E-state index contributed by atoms with van der Waals surface area (Å²) in [7, 11) is 0. The number of carbonyl (C=O) groups is 2. The molecule has 4 heteroatoms. The average Bonchev–Trinajstić information content (AvgIpc) is 2.40. The van der Waals surface area contributed by atoms with Gasteiger partial charge in [-0.25, -0.2) is 0 Å². The van der Waals surface area contributed by atoms with Crippen LogP contribution in [-0.4, -0.2) is 17.0 Å². The van der Waals surface area contributed by atoms with E-state index < -0.39 is 5.97 Å². The highest BCUT2D eigenvalue weighted by molar-refractivity contribution is 5.81. The quantitative estimate of drug-likeness (QED) is 0.875. The number of rotatable bonds is 4. The van der Waals surface area contributed by atoms with Crippen LogP contribution in [-0.2, 0) is 9.59 Å². The molecule has 1 aromatic rings. The fraction of sp³-hybridized carbons (Fsp3) is 0.467. The van der Waals surface area contributed by atoms with Crippen molar-refractivity contribution >= 4 is 11.9 Å². The maximum Gasteiger partial charge on any atom is 0.303 e. The van der Waals surface area contributed by atoms with Crippen molar-refractivity contribution in [3.63, 3.8) is 0 Å². The van der Waals surface area contributed by atoms with E-state index in [1.165, 1.54) is 11.1 Å². The third-order valence-electron chi connectivity index (χ3n) is 3.69. The molecule has 0 saturated carbocycles. The van der Waals surface area contributed by atoms with Crippen molar-refractivity contribution < 1.29 is 14.7 Å². The van der Waals surface area contributed by atoms with Gasteiger partial charge in [-0.05, 0) is 29.9 Å². The molecule has 1 aromatic carbocycles. The van der Waals surface area contributed by atoms with Gasteiger partial charge in [-0.3, -0.25) is 9.59 Å². The number of hydrogen-bond donors (Lipinski definition) is 2. The summed E-state index contributed by atoms with van der Waals surface area (Å²) in [5, 5.41) is 11.5. The fourth-order valence-corrected chi connectivity index (χ4v) is 2.64. The van der Waals surface area contributed by atoms with Crippen LogP contribution in [0.1, 0.15) is 55.7 Å². The Kier molecular flexibility index (Phi) is 4.20. The summed E-state index contributed by atoms with van der Waals surface area (Å²) in [5.74, 6) is -0.604. The number of carbonyl (C=O) groups excluding carboxylic acids is 1. The maximum absolute atomic E-state index is 11.7. The Hall–Kier alpha value is -1.84. The Morgan fingerprint density at radius 1 is 1.21 bits per heavy atom. The van der Waals surface area contributed by atoms with Crippen molar-refractivity contribution in [3.8, 4) is 0 Å². The number of carboxylic acids is 1. The van der Waals surface area contributed by atoms with Gasteiger partial charge in [0.2, 0.25) is 5.91 Å². The molecule has 0 radical (unpaired) electrons. The van der Waals surface area contributed by atoms with E-state index in [1.807, 2.05) is 18.2 Å². The van der Waals surface area contributed by atoms with Crippen molar-refractivity contribution in [3.05, 3.63) is 35.4 Å². The number of amides is 1. The Labute approximate surface area is 112 Å². The van der Waals surface area contributed by atoms with Crippen LogP contribution in [0.5, 0.6) is 0 Å². The lowest BCUT2D eigenvalue weighted by Crippen LogP contribution is -2.31. The molecule has 1 aliphatic rings. The molecule has 2 N–H and O–H groups in total. The van der Waals surface area contributed by atoms with Gasteiger partial charge in [-0.1, -0.05) is 31.2 Å². The highest BCUT2D eigenvalue weighted by Crippen LogP contribution is 2.36. The smallest absolute Gasteiger partial charge is 0.303 e. The molecule has 0 aromatic heterocycles. The third kappa shape index (κ3) is 3.34. The number of carboxylic acid groups (broad SMARTS) is 1. The monoisotopic (exact) mass is 261 g/mol. The van der Waals surface area contributed by atoms with E-state index in [2.05, 4.69) is 18.3 Å². The summed E-state index contributed by atoms with van der Waals surface area (Å²) in [4.78, 5) is 22.2. The first-order chi connectivity index (χ1) is 9.08.